The van der Waals surface area contributed by atoms with Gasteiger partial charge in [0.15, 0.2) is 0 Å². The molecule has 0 spiro atoms. The highest BCUT2D eigenvalue weighted by molar-refractivity contribution is 5.86. The largest absolute Gasteiger partial charge is 0.353 e. The van der Waals surface area contributed by atoms with E-state index in [0.717, 1.165) is 45.3 Å². The number of carbonyl (C=O) groups is 1. The Morgan fingerprint density at radius 2 is 2.00 bits per heavy atom. The van der Waals surface area contributed by atoms with Crippen molar-refractivity contribution >= 4 is 5.91 Å². The van der Waals surface area contributed by atoms with Gasteiger partial charge in [-0.05, 0) is 26.9 Å². The Bertz CT molecular complexity index is 301. The van der Waals surface area contributed by atoms with Gasteiger partial charge in [0.25, 0.3) is 0 Å². The van der Waals surface area contributed by atoms with Crippen LogP contribution in [0.5, 0.6) is 0 Å². The predicted molar refractivity (Wildman–Crippen MR) is 72.3 cm³/mol. The first kappa shape index (κ1) is 13.8. The first-order chi connectivity index (χ1) is 8.51. The lowest BCUT2D eigenvalue weighted by atomic mass is 9.98. The molecular weight excluding hydrogens is 228 g/mol. The Morgan fingerprint density at radius 1 is 1.33 bits per heavy atom. The van der Waals surface area contributed by atoms with Gasteiger partial charge in [-0.2, -0.15) is 0 Å². The maximum atomic E-state index is 12.1. The standard InChI is InChI=1S/C13H26N4O/c1-16-7-8-17(2)11(10-16)9-15-12(18)13(14)5-3-4-6-13/h11H,3-10,14H2,1-2H3,(H,15,18). The number of hydrogen-bond acceptors (Lipinski definition) is 4. The highest BCUT2D eigenvalue weighted by atomic mass is 16.2. The van der Waals surface area contributed by atoms with Crippen molar-refractivity contribution in [1.82, 2.24) is 15.1 Å². The molecule has 1 saturated carbocycles. The van der Waals surface area contributed by atoms with Crippen molar-refractivity contribution < 1.29 is 4.79 Å². The minimum absolute atomic E-state index is 0.0432. The SMILES string of the molecule is CN1CCN(C)C(CNC(=O)C2(N)CCCC2)C1. The van der Waals surface area contributed by atoms with Crippen molar-refractivity contribution in [2.24, 2.45) is 5.73 Å². The van der Waals surface area contributed by atoms with Crippen molar-refractivity contribution in [3.63, 3.8) is 0 Å². The van der Waals surface area contributed by atoms with E-state index in [9.17, 15) is 4.79 Å². The zero-order valence-corrected chi connectivity index (χ0v) is 11.6. The van der Waals surface area contributed by atoms with E-state index in [-0.39, 0.29) is 5.91 Å². The van der Waals surface area contributed by atoms with Crippen molar-refractivity contribution in [2.45, 2.75) is 37.3 Å². The summed E-state index contributed by atoms with van der Waals surface area (Å²) in [5, 5.41) is 3.05. The summed E-state index contributed by atoms with van der Waals surface area (Å²) in [5.41, 5.74) is 5.55. The lowest BCUT2D eigenvalue weighted by molar-refractivity contribution is -0.126. The van der Waals surface area contributed by atoms with Gasteiger partial charge in [0, 0.05) is 32.2 Å². The molecule has 1 heterocycles. The second kappa shape index (κ2) is 5.55. The van der Waals surface area contributed by atoms with Crippen LogP contribution in [0, 0.1) is 0 Å². The Labute approximate surface area is 110 Å². The lowest BCUT2D eigenvalue weighted by Gasteiger charge is -2.38. The molecule has 0 aromatic heterocycles. The highest BCUT2D eigenvalue weighted by Gasteiger charge is 2.37. The number of rotatable bonds is 3. The van der Waals surface area contributed by atoms with Crippen LogP contribution in [0.4, 0.5) is 0 Å². The molecule has 1 atom stereocenters. The van der Waals surface area contributed by atoms with E-state index in [2.05, 4.69) is 29.2 Å². The zero-order chi connectivity index (χ0) is 13.2. The van der Waals surface area contributed by atoms with E-state index in [0.29, 0.717) is 12.6 Å². The Kier molecular flexibility index (Phi) is 4.25. The molecule has 1 amide bonds. The summed E-state index contributed by atoms with van der Waals surface area (Å²) in [6, 6.07) is 0.401. The first-order valence-corrected chi connectivity index (χ1v) is 6.97. The molecular formula is C13H26N4O. The molecule has 104 valence electrons. The van der Waals surface area contributed by atoms with E-state index in [4.69, 9.17) is 5.73 Å². The number of piperazine rings is 1. The van der Waals surface area contributed by atoms with Crippen LogP contribution in [0.15, 0.2) is 0 Å². The molecule has 2 rings (SSSR count). The van der Waals surface area contributed by atoms with Crippen LogP contribution in [0.2, 0.25) is 0 Å². The lowest BCUT2D eigenvalue weighted by Crippen LogP contribution is -2.58. The molecule has 3 N–H and O–H groups in total. The topological polar surface area (TPSA) is 61.6 Å². The van der Waals surface area contributed by atoms with Crippen molar-refractivity contribution in [3.8, 4) is 0 Å². The van der Waals surface area contributed by atoms with Crippen molar-refractivity contribution in [2.75, 3.05) is 40.3 Å². The summed E-state index contributed by atoms with van der Waals surface area (Å²) in [5.74, 6) is 0.0432. The molecule has 0 radical (unpaired) electrons. The molecule has 5 nitrogen and oxygen atoms in total. The van der Waals surface area contributed by atoms with Gasteiger partial charge in [0.05, 0.1) is 5.54 Å². The zero-order valence-electron chi connectivity index (χ0n) is 11.6. The highest BCUT2D eigenvalue weighted by Crippen LogP contribution is 2.27. The Balaban J connectivity index is 1.81. The number of likely N-dealkylation sites (N-methyl/N-ethyl adjacent to an activating group) is 2. The number of amides is 1. The van der Waals surface area contributed by atoms with Gasteiger partial charge >= 0.3 is 0 Å². The smallest absolute Gasteiger partial charge is 0.240 e. The monoisotopic (exact) mass is 254 g/mol. The molecule has 1 aliphatic carbocycles. The van der Waals surface area contributed by atoms with E-state index >= 15 is 0 Å². The predicted octanol–water partition coefficient (Wildman–Crippen LogP) is -0.380. The Morgan fingerprint density at radius 3 is 2.67 bits per heavy atom. The van der Waals surface area contributed by atoms with Gasteiger partial charge in [0.2, 0.25) is 5.91 Å². The third-order valence-corrected chi connectivity index (χ3v) is 4.43. The van der Waals surface area contributed by atoms with Gasteiger partial charge in [-0.3, -0.25) is 9.69 Å². The van der Waals surface area contributed by atoms with Crippen LogP contribution in [-0.4, -0.2) is 67.6 Å². The van der Waals surface area contributed by atoms with Gasteiger partial charge in [-0.1, -0.05) is 12.8 Å². The van der Waals surface area contributed by atoms with E-state index in [1.807, 2.05) is 0 Å². The van der Waals surface area contributed by atoms with Crippen molar-refractivity contribution in [1.29, 1.82) is 0 Å². The van der Waals surface area contributed by atoms with E-state index < -0.39 is 5.54 Å². The summed E-state index contributed by atoms with van der Waals surface area (Å²) < 4.78 is 0. The average molecular weight is 254 g/mol. The molecule has 5 heteroatoms. The fourth-order valence-electron chi connectivity index (χ4n) is 2.94. The summed E-state index contributed by atoms with van der Waals surface area (Å²) in [7, 11) is 4.25. The minimum Gasteiger partial charge on any atom is -0.353 e. The normalized spacial score (nSPS) is 29.4. The van der Waals surface area contributed by atoms with E-state index in [1.54, 1.807) is 0 Å². The molecule has 0 aromatic rings. The van der Waals surface area contributed by atoms with Crippen LogP contribution in [0.3, 0.4) is 0 Å². The van der Waals surface area contributed by atoms with Crippen LogP contribution >= 0.6 is 0 Å². The molecule has 18 heavy (non-hydrogen) atoms. The second-order valence-corrected chi connectivity index (χ2v) is 5.97. The van der Waals surface area contributed by atoms with Crippen LogP contribution in [0.25, 0.3) is 0 Å². The third-order valence-electron chi connectivity index (χ3n) is 4.43. The quantitative estimate of drug-likeness (QED) is 0.721. The van der Waals surface area contributed by atoms with Crippen LogP contribution in [-0.2, 0) is 4.79 Å². The summed E-state index contributed by atoms with van der Waals surface area (Å²) in [6.45, 7) is 3.87. The van der Waals surface area contributed by atoms with E-state index in [1.165, 1.54) is 0 Å². The van der Waals surface area contributed by atoms with Gasteiger partial charge in [-0.25, -0.2) is 0 Å². The molecule has 2 fully saturated rings. The third kappa shape index (κ3) is 3.02. The number of nitrogens with zero attached hydrogens (tertiary/aromatic N) is 2. The number of carbonyl (C=O) groups excluding carboxylic acids is 1. The van der Waals surface area contributed by atoms with Gasteiger partial charge in [0.1, 0.15) is 0 Å². The maximum Gasteiger partial charge on any atom is 0.240 e. The number of hydrogen-bond donors (Lipinski definition) is 2. The Hall–Kier alpha value is -0.650. The average Bonchev–Trinajstić information content (AvgIpc) is 2.78. The first-order valence-electron chi connectivity index (χ1n) is 6.97. The molecule has 1 unspecified atom stereocenters. The fraction of sp³-hybridized carbons (Fsp3) is 0.923. The van der Waals surface area contributed by atoms with Crippen LogP contribution in [0.1, 0.15) is 25.7 Å². The number of nitrogens with one attached hydrogen (secondary N) is 1. The molecule has 1 aliphatic heterocycles. The summed E-state index contributed by atoms with van der Waals surface area (Å²) in [6.07, 6.45) is 3.82. The molecule has 0 bridgehead atoms. The second-order valence-electron chi connectivity index (χ2n) is 5.97. The number of nitrogens with two attached hydrogens (primary N) is 1. The molecule has 0 aromatic carbocycles. The molecule has 2 aliphatic rings. The van der Waals surface area contributed by atoms with Gasteiger partial charge < -0.3 is 16.0 Å². The van der Waals surface area contributed by atoms with Crippen LogP contribution < -0.4 is 11.1 Å². The molecule has 1 saturated heterocycles. The maximum absolute atomic E-state index is 12.1. The van der Waals surface area contributed by atoms with Gasteiger partial charge in [-0.15, -0.1) is 0 Å². The summed E-state index contributed by atoms with van der Waals surface area (Å²) in [4.78, 5) is 16.8. The minimum atomic E-state index is -0.598. The fourth-order valence-corrected chi connectivity index (χ4v) is 2.94. The van der Waals surface area contributed by atoms with Crippen molar-refractivity contribution in [3.05, 3.63) is 0 Å². The summed E-state index contributed by atoms with van der Waals surface area (Å²) >= 11 is 0.